The molecule has 1 fully saturated rings. The molecule has 0 atom stereocenters. The van der Waals surface area contributed by atoms with E-state index in [1.807, 2.05) is 23.6 Å². The number of carbonyl (C=O) groups excluding carboxylic acids is 1. The molecular weight excluding hydrogens is 383 g/mol. The van der Waals surface area contributed by atoms with Crippen LogP contribution in [-0.4, -0.2) is 20.0 Å². The van der Waals surface area contributed by atoms with E-state index in [4.69, 9.17) is 0 Å². The first kappa shape index (κ1) is 18.3. The lowest BCUT2D eigenvalue weighted by atomic mass is 10.1. The topological polar surface area (TPSA) is 68.9 Å². The summed E-state index contributed by atoms with van der Waals surface area (Å²) in [5, 5.41) is 2.96. The van der Waals surface area contributed by atoms with Gasteiger partial charge in [0.15, 0.2) is 0 Å². The first-order valence-electron chi connectivity index (χ1n) is 9.76. The molecule has 2 aromatic heterocycles. The van der Waals surface area contributed by atoms with Crippen molar-refractivity contribution in [1.82, 2.24) is 14.1 Å². The van der Waals surface area contributed by atoms with E-state index in [0.717, 1.165) is 18.4 Å². The zero-order valence-electron chi connectivity index (χ0n) is 16.3. The van der Waals surface area contributed by atoms with Crippen molar-refractivity contribution in [2.75, 3.05) is 5.32 Å². The predicted molar refractivity (Wildman–Crippen MR) is 113 cm³/mol. The van der Waals surface area contributed by atoms with E-state index in [9.17, 15) is 14.0 Å². The molecule has 1 aliphatic rings. The number of hydrogen-bond acceptors (Lipinski definition) is 3. The standard InChI is InChI=1S/C23H19FN4O2/c1-14-2-4-15(5-3-14)26-23(30)18-12-28(16-6-7-16)20-11-21(27-9-8-25-13-27)19(24)10-17(20)22(18)29/h2-5,8-13,16H,6-7H2,1H3,(H,26,30). The second-order valence-corrected chi connectivity index (χ2v) is 7.62. The lowest BCUT2D eigenvalue weighted by Crippen LogP contribution is -2.24. The summed E-state index contributed by atoms with van der Waals surface area (Å²) in [5.41, 5.74) is 2.11. The number of aryl methyl sites for hydroxylation is 1. The fraction of sp³-hybridized carbons (Fsp3) is 0.174. The molecule has 5 rings (SSSR count). The maximum Gasteiger partial charge on any atom is 0.261 e. The van der Waals surface area contributed by atoms with Gasteiger partial charge in [0, 0.05) is 35.7 Å². The van der Waals surface area contributed by atoms with Crippen molar-refractivity contribution in [3.63, 3.8) is 0 Å². The molecule has 30 heavy (non-hydrogen) atoms. The van der Waals surface area contributed by atoms with Crippen LogP contribution in [0, 0.1) is 12.7 Å². The first-order chi connectivity index (χ1) is 14.5. The third-order valence-electron chi connectivity index (χ3n) is 5.38. The van der Waals surface area contributed by atoms with E-state index >= 15 is 0 Å². The number of rotatable bonds is 4. The molecular formula is C23H19FN4O2. The van der Waals surface area contributed by atoms with Crippen LogP contribution in [0.4, 0.5) is 10.1 Å². The Bertz CT molecular complexity index is 1320. The van der Waals surface area contributed by atoms with E-state index in [1.54, 1.807) is 41.4 Å². The van der Waals surface area contributed by atoms with Crippen LogP contribution < -0.4 is 10.7 Å². The van der Waals surface area contributed by atoms with Crippen LogP contribution in [0.2, 0.25) is 0 Å². The van der Waals surface area contributed by atoms with Gasteiger partial charge in [-0.25, -0.2) is 9.37 Å². The lowest BCUT2D eigenvalue weighted by Gasteiger charge is -2.15. The Morgan fingerprint density at radius 1 is 1.20 bits per heavy atom. The molecule has 1 saturated carbocycles. The molecule has 4 aromatic rings. The monoisotopic (exact) mass is 402 g/mol. The molecule has 1 aliphatic carbocycles. The summed E-state index contributed by atoms with van der Waals surface area (Å²) < 4.78 is 18.3. The minimum absolute atomic E-state index is 0.00440. The lowest BCUT2D eigenvalue weighted by molar-refractivity contribution is 0.102. The van der Waals surface area contributed by atoms with Gasteiger partial charge in [0.25, 0.3) is 5.91 Å². The molecule has 1 N–H and O–H groups in total. The Morgan fingerprint density at radius 3 is 2.63 bits per heavy atom. The number of carbonyl (C=O) groups is 1. The van der Waals surface area contributed by atoms with Gasteiger partial charge in [-0.05, 0) is 44.0 Å². The molecule has 7 heteroatoms. The highest BCUT2D eigenvalue weighted by Crippen LogP contribution is 2.37. The third-order valence-corrected chi connectivity index (χ3v) is 5.38. The SMILES string of the molecule is Cc1ccc(NC(=O)c2cn(C3CC3)c3cc(-n4ccnc4)c(F)cc3c2=O)cc1. The maximum absolute atomic E-state index is 14.8. The summed E-state index contributed by atoms with van der Waals surface area (Å²) in [7, 11) is 0. The van der Waals surface area contributed by atoms with Crippen LogP contribution in [-0.2, 0) is 0 Å². The van der Waals surface area contributed by atoms with Gasteiger partial charge < -0.3 is 14.5 Å². The summed E-state index contributed by atoms with van der Waals surface area (Å²) in [6, 6.07) is 10.4. The smallest absolute Gasteiger partial charge is 0.261 e. The van der Waals surface area contributed by atoms with Gasteiger partial charge >= 0.3 is 0 Å². The molecule has 0 radical (unpaired) electrons. The third kappa shape index (κ3) is 3.18. The summed E-state index contributed by atoms with van der Waals surface area (Å²) in [5.74, 6) is -1.05. The zero-order valence-corrected chi connectivity index (χ0v) is 16.3. The summed E-state index contributed by atoms with van der Waals surface area (Å²) in [6.07, 6.45) is 8.22. The molecule has 0 spiro atoms. The van der Waals surface area contributed by atoms with Gasteiger partial charge in [-0.2, -0.15) is 0 Å². The van der Waals surface area contributed by atoms with E-state index in [0.29, 0.717) is 16.9 Å². The van der Waals surface area contributed by atoms with Crippen LogP contribution in [0.15, 0.2) is 66.1 Å². The minimum Gasteiger partial charge on any atom is -0.343 e. The van der Waals surface area contributed by atoms with Gasteiger partial charge in [-0.1, -0.05) is 17.7 Å². The molecule has 2 aromatic carbocycles. The second kappa shape index (κ2) is 6.95. The van der Waals surface area contributed by atoms with E-state index < -0.39 is 17.2 Å². The van der Waals surface area contributed by atoms with Crippen molar-refractivity contribution in [1.29, 1.82) is 0 Å². The molecule has 0 aliphatic heterocycles. The Labute approximate surface area is 171 Å². The van der Waals surface area contributed by atoms with Gasteiger partial charge in [0.05, 0.1) is 17.5 Å². The molecule has 1 amide bonds. The number of halogens is 1. The number of benzene rings is 2. The number of anilines is 1. The number of imidazole rings is 1. The van der Waals surface area contributed by atoms with Crippen LogP contribution >= 0.6 is 0 Å². The molecule has 150 valence electrons. The number of fused-ring (bicyclic) bond motifs is 1. The number of hydrogen-bond donors (Lipinski definition) is 1. The largest absolute Gasteiger partial charge is 0.343 e. The average Bonchev–Trinajstić information content (AvgIpc) is 3.43. The van der Waals surface area contributed by atoms with Crippen LogP contribution in [0.1, 0.15) is 34.8 Å². The molecule has 0 unspecified atom stereocenters. The predicted octanol–water partition coefficient (Wildman–Crippen LogP) is 4.22. The molecule has 2 heterocycles. The molecule has 6 nitrogen and oxygen atoms in total. The first-order valence-corrected chi connectivity index (χ1v) is 9.76. The maximum atomic E-state index is 14.8. The van der Waals surface area contributed by atoms with Gasteiger partial charge in [0.1, 0.15) is 11.4 Å². The summed E-state index contributed by atoms with van der Waals surface area (Å²) in [4.78, 5) is 29.9. The number of pyridine rings is 1. The van der Waals surface area contributed by atoms with E-state index in [1.165, 1.54) is 12.4 Å². The Balaban J connectivity index is 1.64. The van der Waals surface area contributed by atoms with E-state index in [2.05, 4.69) is 10.3 Å². The fourth-order valence-electron chi connectivity index (χ4n) is 3.61. The summed E-state index contributed by atoms with van der Waals surface area (Å²) >= 11 is 0. The van der Waals surface area contributed by atoms with Crippen molar-refractivity contribution in [2.45, 2.75) is 25.8 Å². The molecule has 0 bridgehead atoms. The summed E-state index contributed by atoms with van der Waals surface area (Å²) in [6.45, 7) is 1.95. The number of amides is 1. The number of aromatic nitrogens is 3. The van der Waals surface area contributed by atoms with Gasteiger partial charge in [-0.3, -0.25) is 9.59 Å². The molecule has 0 saturated heterocycles. The Kier molecular flexibility index (Phi) is 4.24. The second-order valence-electron chi connectivity index (χ2n) is 7.62. The van der Waals surface area contributed by atoms with Crippen LogP contribution in [0.25, 0.3) is 16.6 Å². The highest BCUT2D eigenvalue weighted by atomic mass is 19.1. The highest BCUT2D eigenvalue weighted by Gasteiger charge is 2.27. The number of nitrogens with zero attached hydrogens (tertiary/aromatic N) is 3. The highest BCUT2D eigenvalue weighted by molar-refractivity contribution is 6.05. The normalized spacial score (nSPS) is 13.5. The number of nitrogens with one attached hydrogen (secondary N) is 1. The fourth-order valence-corrected chi connectivity index (χ4v) is 3.61. The van der Waals surface area contributed by atoms with Crippen molar-refractivity contribution in [3.8, 4) is 5.69 Å². The van der Waals surface area contributed by atoms with Crippen LogP contribution in [0.5, 0.6) is 0 Å². The van der Waals surface area contributed by atoms with Crippen molar-refractivity contribution in [2.24, 2.45) is 0 Å². The quantitative estimate of drug-likeness (QED) is 0.556. The van der Waals surface area contributed by atoms with Crippen molar-refractivity contribution < 1.29 is 9.18 Å². The minimum atomic E-state index is -0.545. The van der Waals surface area contributed by atoms with E-state index in [-0.39, 0.29) is 17.0 Å². The van der Waals surface area contributed by atoms with Gasteiger partial charge in [0.2, 0.25) is 5.43 Å². The van der Waals surface area contributed by atoms with Crippen molar-refractivity contribution in [3.05, 3.63) is 88.5 Å². The van der Waals surface area contributed by atoms with Gasteiger partial charge in [-0.15, -0.1) is 0 Å². The van der Waals surface area contributed by atoms with Crippen LogP contribution in [0.3, 0.4) is 0 Å². The Morgan fingerprint density at radius 2 is 1.97 bits per heavy atom. The zero-order chi connectivity index (χ0) is 20.8. The Hall–Kier alpha value is -3.74. The van der Waals surface area contributed by atoms with Crippen molar-refractivity contribution >= 4 is 22.5 Å². The average molecular weight is 402 g/mol.